The third-order valence-corrected chi connectivity index (χ3v) is 6.55. The van der Waals surface area contributed by atoms with Crippen LogP contribution < -0.4 is 10.6 Å². The SMILES string of the molecule is CC(=O)Nc1ccc(S(=O)(=O)N(CC(=O)NC2CC2)Cc2ccccc2Cl)cc1. The van der Waals surface area contributed by atoms with E-state index in [1.807, 2.05) is 0 Å². The van der Waals surface area contributed by atoms with Crippen molar-refractivity contribution in [1.29, 1.82) is 0 Å². The molecule has 0 saturated heterocycles. The lowest BCUT2D eigenvalue weighted by Gasteiger charge is -2.22. The van der Waals surface area contributed by atoms with Crippen LogP contribution in [0.1, 0.15) is 25.3 Å². The number of sulfonamides is 1. The van der Waals surface area contributed by atoms with Gasteiger partial charge in [-0.3, -0.25) is 9.59 Å². The molecule has 2 N–H and O–H groups in total. The van der Waals surface area contributed by atoms with Crippen LogP contribution in [-0.4, -0.2) is 37.1 Å². The molecule has 1 fully saturated rings. The summed E-state index contributed by atoms with van der Waals surface area (Å²) in [5.74, 6) is -0.601. The molecule has 9 heteroatoms. The molecule has 0 radical (unpaired) electrons. The van der Waals surface area contributed by atoms with Crippen LogP contribution >= 0.6 is 11.6 Å². The normalized spacial score (nSPS) is 13.9. The molecule has 7 nitrogen and oxygen atoms in total. The number of benzene rings is 2. The fourth-order valence-corrected chi connectivity index (χ4v) is 4.34. The Balaban J connectivity index is 1.86. The number of nitrogens with zero attached hydrogens (tertiary/aromatic N) is 1. The first kappa shape index (κ1) is 21.3. The fraction of sp³-hybridized carbons (Fsp3) is 0.300. The van der Waals surface area contributed by atoms with E-state index in [9.17, 15) is 18.0 Å². The largest absolute Gasteiger partial charge is 0.352 e. The number of carbonyl (C=O) groups is 2. The first-order chi connectivity index (χ1) is 13.8. The molecule has 1 aliphatic carbocycles. The van der Waals surface area contributed by atoms with Gasteiger partial charge in [-0.15, -0.1) is 0 Å². The highest BCUT2D eigenvalue weighted by Gasteiger charge is 2.30. The molecule has 2 aromatic rings. The Bertz CT molecular complexity index is 1000. The zero-order valence-electron chi connectivity index (χ0n) is 15.9. The second-order valence-corrected chi connectivity index (χ2v) is 9.26. The average Bonchev–Trinajstić information content (AvgIpc) is 3.46. The minimum Gasteiger partial charge on any atom is -0.352 e. The highest BCUT2D eigenvalue weighted by Crippen LogP contribution is 2.24. The smallest absolute Gasteiger partial charge is 0.243 e. The van der Waals surface area contributed by atoms with Gasteiger partial charge in [0.2, 0.25) is 21.8 Å². The highest BCUT2D eigenvalue weighted by atomic mass is 35.5. The van der Waals surface area contributed by atoms with Crippen molar-refractivity contribution in [2.24, 2.45) is 0 Å². The predicted molar refractivity (Wildman–Crippen MR) is 111 cm³/mol. The van der Waals surface area contributed by atoms with Gasteiger partial charge < -0.3 is 10.6 Å². The van der Waals surface area contributed by atoms with Crippen molar-refractivity contribution < 1.29 is 18.0 Å². The summed E-state index contributed by atoms with van der Waals surface area (Å²) in [6, 6.07) is 12.9. The lowest BCUT2D eigenvalue weighted by Crippen LogP contribution is -2.41. The molecule has 0 atom stereocenters. The van der Waals surface area contributed by atoms with Gasteiger partial charge in [0.15, 0.2) is 0 Å². The summed E-state index contributed by atoms with van der Waals surface area (Å²) in [5, 5.41) is 5.83. The van der Waals surface area contributed by atoms with Crippen LogP contribution in [0.5, 0.6) is 0 Å². The number of hydrogen-bond donors (Lipinski definition) is 2. The minimum atomic E-state index is -3.97. The monoisotopic (exact) mass is 435 g/mol. The Kier molecular flexibility index (Phi) is 6.56. The summed E-state index contributed by atoms with van der Waals surface area (Å²) < 4.78 is 27.6. The molecule has 0 unspecified atom stereocenters. The summed E-state index contributed by atoms with van der Waals surface area (Å²) in [5.41, 5.74) is 1.09. The van der Waals surface area contributed by atoms with Crippen molar-refractivity contribution in [3.05, 3.63) is 59.1 Å². The molecule has 0 aliphatic heterocycles. The maximum atomic E-state index is 13.2. The van der Waals surface area contributed by atoms with Crippen LogP contribution in [0.25, 0.3) is 0 Å². The van der Waals surface area contributed by atoms with Crippen LogP contribution in [-0.2, 0) is 26.2 Å². The van der Waals surface area contributed by atoms with Crippen molar-refractivity contribution >= 4 is 39.1 Å². The number of hydrogen-bond acceptors (Lipinski definition) is 4. The quantitative estimate of drug-likeness (QED) is 0.666. The minimum absolute atomic E-state index is 0.0258. The summed E-state index contributed by atoms with van der Waals surface area (Å²) in [7, 11) is -3.97. The average molecular weight is 436 g/mol. The van der Waals surface area contributed by atoms with E-state index in [1.165, 1.54) is 31.2 Å². The topological polar surface area (TPSA) is 95.6 Å². The molecule has 1 aliphatic rings. The van der Waals surface area contributed by atoms with Crippen molar-refractivity contribution in [3.8, 4) is 0 Å². The molecule has 0 heterocycles. The number of carbonyl (C=O) groups excluding carboxylic acids is 2. The first-order valence-corrected chi connectivity index (χ1v) is 11.0. The van der Waals surface area contributed by atoms with Crippen molar-refractivity contribution in [3.63, 3.8) is 0 Å². The van der Waals surface area contributed by atoms with E-state index in [0.717, 1.165) is 17.1 Å². The lowest BCUT2D eigenvalue weighted by molar-refractivity contribution is -0.121. The molecule has 0 aromatic heterocycles. The molecule has 3 rings (SSSR count). The van der Waals surface area contributed by atoms with Crippen LogP contribution in [0.15, 0.2) is 53.4 Å². The zero-order valence-corrected chi connectivity index (χ0v) is 17.5. The number of nitrogens with one attached hydrogen (secondary N) is 2. The first-order valence-electron chi connectivity index (χ1n) is 9.16. The maximum Gasteiger partial charge on any atom is 0.243 e. The Morgan fingerprint density at radius 3 is 2.34 bits per heavy atom. The number of amides is 2. The summed E-state index contributed by atoms with van der Waals surface area (Å²) >= 11 is 6.20. The van der Waals surface area contributed by atoms with E-state index in [0.29, 0.717) is 16.3 Å². The molecule has 2 aromatic carbocycles. The third-order valence-electron chi connectivity index (χ3n) is 4.38. The van der Waals surface area contributed by atoms with Gasteiger partial charge >= 0.3 is 0 Å². The van der Waals surface area contributed by atoms with Crippen LogP contribution in [0.3, 0.4) is 0 Å². The molecule has 154 valence electrons. The van der Waals surface area contributed by atoms with Gasteiger partial charge in [-0.25, -0.2) is 8.42 Å². The van der Waals surface area contributed by atoms with Gasteiger partial charge in [-0.05, 0) is 48.7 Å². The zero-order chi connectivity index (χ0) is 21.0. The maximum absolute atomic E-state index is 13.2. The van der Waals surface area contributed by atoms with E-state index in [4.69, 9.17) is 11.6 Å². The van der Waals surface area contributed by atoms with E-state index >= 15 is 0 Å². The standard InChI is InChI=1S/C20H22ClN3O4S/c1-14(25)22-16-8-10-18(11-9-16)29(27,28)24(13-20(26)23-17-6-7-17)12-15-4-2-3-5-19(15)21/h2-5,8-11,17H,6-7,12-13H2,1H3,(H,22,25)(H,23,26). The van der Waals surface area contributed by atoms with E-state index in [2.05, 4.69) is 10.6 Å². The Morgan fingerprint density at radius 2 is 1.76 bits per heavy atom. The predicted octanol–water partition coefficient (Wildman–Crippen LogP) is 2.77. The molecular formula is C20H22ClN3O4S. The lowest BCUT2D eigenvalue weighted by atomic mass is 10.2. The second kappa shape index (κ2) is 8.94. The molecule has 0 spiro atoms. The van der Waals surface area contributed by atoms with Crippen LogP contribution in [0, 0.1) is 0 Å². The van der Waals surface area contributed by atoms with Gasteiger partial charge in [0.05, 0.1) is 11.4 Å². The Morgan fingerprint density at radius 1 is 1.10 bits per heavy atom. The molecule has 1 saturated carbocycles. The molecular weight excluding hydrogens is 414 g/mol. The van der Waals surface area contributed by atoms with E-state index in [1.54, 1.807) is 24.3 Å². The van der Waals surface area contributed by atoms with Gasteiger partial charge in [0.1, 0.15) is 0 Å². The molecule has 29 heavy (non-hydrogen) atoms. The van der Waals surface area contributed by atoms with Crippen molar-refractivity contribution in [2.45, 2.75) is 37.2 Å². The van der Waals surface area contributed by atoms with Crippen molar-refractivity contribution in [2.75, 3.05) is 11.9 Å². The van der Waals surface area contributed by atoms with E-state index in [-0.39, 0.29) is 35.8 Å². The van der Waals surface area contributed by atoms with Gasteiger partial charge in [0.25, 0.3) is 0 Å². The fourth-order valence-electron chi connectivity index (χ4n) is 2.77. The van der Waals surface area contributed by atoms with Gasteiger partial charge in [-0.1, -0.05) is 29.8 Å². The highest BCUT2D eigenvalue weighted by molar-refractivity contribution is 7.89. The van der Waals surface area contributed by atoms with Crippen LogP contribution in [0.4, 0.5) is 5.69 Å². The summed E-state index contributed by atoms with van der Waals surface area (Å²) in [6.45, 7) is 1.03. The number of halogens is 1. The second-order valence-electron chi connectivity index (χ2n) is 6.91. The molecule has 0 bridgehead atoms. The summed E-state index contributed by atoms with van der Waals surface area (Å²) in [6.07, 6.45) is 1.82. The summed E-state index contributed by atoms with van der Waals surface area (Å²) in [4.78, 5) is 23.5. The Hall–Kier alpha value is -2.42. The number of rotatable bonds is 8. The van der Waals surface area contributed by atoms with Gasteiger partial charge in [-0.2, -0.15) is 4.31 Å². The molecule has 2 amide bonds. The Labute approximate surface area is 175 Å². The number of anilines is 1. The van der Waals surface area contributed by atoms with E-state index < -0.39 is 10.0 Å². The third kappa shape index (κ3) is 5.79. The van der Waals surface area contributed by atoms with Gasteiger partial charge in [0, 0.05) is 30.2 Å². The van der Waals surface area contributed by atoms with Crippen LogP contribution in [0.2, 0.25) is 5.02 Å². The van der Waals surface area contributed by atoms with Crippen molar-refractivity contribution in [1.82, 2.24) is 9.62 Å².